The summed E-state index contributed by atoms with van der Waals surface area (Å²) >= 11 is 0. The first-order valence-corrected chi connectivity index (χ1v) is 4.05. The molecule has 0 heterocycles. The van der Waals surface area contributed by atoms with Gasteiger partial charge in [0.05, 0.1) is 0 Å². The molecule has 0 saturated heterocycles. The quantitative estimate of drug-likeness (QED) is 0.582. The van der Waals surface area contributed by atoms with Crippen molar-refractivity contribution < 1.29 is 5.11 Å². The predicted molar refractivity (Wildman–Crippen MR) is 43.3 cm³/mol. The van der Waals surface area contributed by atoms with Crippen LogP contribution in [0.1, 0.15) is 29.9 Å². The van der Waals surface area contributed by atoms with Crippen molar-refractivity contribution in [2.45, 2.75) is 25.7 Å². The minimum Gasteiger partial charge on any atom is -0.289 e. The fraction of sp³-hybridized carbons (Fsp3) is 0.400. The summed E-state index contributed by atoms with van der Waals surface area (Å²) in [5, 5.41) is 11.5. The summed E-state index contributed by atoms with van der Waals surface area (Å²) in [6.07, 6.45) is 2.41. The highest BCUT2D eigenvalue weighted by molar-refractivity contribution is 5.42. The molecule has 1 saturated carbocycles. The van der Waals surface area contributed by atoms with Gasteiger partial charge in [-0.3, -0.25) is 5.11 Å². The van der Waals surface area contributed by atoms with Crippen molar-refractivity contribution in [3.8, 4) is 5.75 Å². The van der Waals surface area contributed by atoms with Crippen LogP contribution in [0.3, 0.4) is 0 Å². The second-order valence-corrected chi connectivity index (χ2v) is 3.27. The lowest BCUT2D eigenvalue weighted by molar-refractivity contribution is 0.347. The second-order valence-electron chi connectivity index (χ2n) is 3.27. The average Bonchev–Trinajstić information content (AvgIpc) is 2.77. The standard InChI is InChI=1S/C10H11O/c1-7-3-2-4-9(10(7)11)8-5-6-8/h2-4,8H,5-6H2,1H3. The number of benzene rings is 1. The largest absolute Gasteiger partial charge is 0.289 e. The van der Waals surface area contributed by atoms with E-state index in [4.69, 9.17) is 0 Å². The van der Waals surface area contributed by atoms with E-state index in [0.717, 1.165) is 11.1 Å². The Morgan fingerprint density at radius 3 is 2.73 bits per heavy atom. The monoisotopic (exact) mass is 147 g/mol. The summed E-state index contributed by atoms with van der Waals surface area (Å²) in [5.74, 6) is 0.845. The first-order chi connectivity index (χ1) is 5.29. The molecule has 1 aromatic carbocycles. The third-order valence-corrected chi connectivity index (χ3v) is 2.26. The van der Waals surface area contributed by atoms with Crippen LogP contribution in [0.25, 0.3) is 0 Å². The van der Waals surface area contributed by atoms with Crippen LogP contribution in [0.2, 0.25) is 0 Å². The molecule has 2 rings (SSSR count). The van der Waals surface area contributed by atoms with Gasteiger partial charge in [0.2, 0.25) is 0 Å². The Balaban J connectivity index is 2.45. The van der Waals surface area contributed by atoms with E-state index in [1.165, 1.54) is 12.8 Å². The van der Waals surface area contributed by atoms with E-state index >= 15 is 0 Å². The van der Waals surface area contributed by atoms with Crippen molar-refractivity contribution >= 4 is 0 Å². The smallest absolute Gasteiger partial charge is 0.184 e. The molecule has 0 atom stereocenters. The fourth-order valence-electron chi connectivity index (χ4n) is 1.39. The maximum absolute atomic E-state index is 11.5. The Kier molecular flexibility index (Phi) is 1.38. The van der Waals surface area contributed by atoms with E-state index in [2.05, 4.69) is 0 Å². The van der Waals surface area contributed by atoms with Crippen LogP contribution >= 0.6 is 0 Å². The first kappa shape index (κ1) is 6.71. The molecule has 0 aromatic heterocycles. The molecule has 1 aliphatic rings. The number of aryl methyl sites for hydroxylation is 1. The molecule has 57 valence electrons. The molecule has 0 N–H and O–H groups in total. The molecule has 1 fully saturated rings. The van der Waals surface area contributed by atoms with Gasteiger partial charge in [0.25, 0.3) is 0 Å². The Morgan fingerprint density at radius 1 is 1.36 bits per heavy atom. The van der Waals surface area contributed by atoms with Gasteiger partial charge in [0, 0.05) is 5.56 Å². The van der Waals surface area contributed by atoms with Crippen molar-refractivity contribution in [3.05, 3.63) is 29.3 Å². The molecule has 0 aliphatic heterocycles. The average molecular weight is 147 g/mol. The molecule has 1 nitrogen and oxygen atoms in total. The van der Waals surface area contributed by atoms with Gasteiger partial charge in [-0.2, -0.15) is 0 Å². The van der Waals surface area contributed by atoms with Crippen molar-refractivity contribution in [1.82, 2.24) is 0 Å². The van der Waals surface area contributed by atoms with Crippen LogP contribution in [0.15, 0.2) is 18.2 Å². The molecular weight excluding hydrogens is 136 g/mol. The van der Waals surface area contributed by atoms with Crippen molar-refractivity contribution in [3.63, 3.8) is 0 Å². The summed E-state index contributed by atoms with van der Waals surface area (Å²) in [6.45, 7) is 1.88. The van der Waals surface area contributed by atoms with Gasteiger partial charge in [-0.05, 0) is 31.2 Å². The summed E-state index contributed by atoms with van der Waals surface area (Å²) in [5.41, 5.74) is 1.92. The molecule has 0 bridgehead atoms. The van der Waals surface area contributed by atoms with E-state index < -0.39 is 0 Å². The van der Waals surface area contributed by atoms with Crippen LogP contribution in [-0.4, -0.2) is 0 Å². The summed E-state index contributed by atoms with van der Waals surface area (Å²) < 4.78 is 0. The lowest BCUT2D eigenvalue weighted by Crippen LogP contribution is -1.81. The minimum atomic E-state index is 0.259. The summed E-state index contributed by atoms with van der Waals surface area (Å²) in [6, 6.07) is 5.82. The van der Waals surface area contributed by atoms with Crippen molar-refractivity contribution in [1.29, 1.82) is 0 Å². The van der Waals surface area contributed by atoms with Gasteiger partial charge in [-0.1, -0.05) is 18.2 Å². The summed E-state index contributed by atoms with van der Waals surface area (Å²) in [4.78, 5) is 0. The van der Waals surface area contributed by atoms with Crippen LogP contribution in [-0.2, 0) is 5.11 Å². The highest BCUT2D eigenvalue weighted by atomic mass is 16.3. The van der Waals surface area contributed by atoms with Crippen LogP contribution in [0, 0.1) is 6.92 Å². The Bertz CT molecular complexity index is 274. The molecule has 1 heteroatoms. The second kappa shape index (κ2) is 2.26. The van der Waals surface area contributed by atoms with Crippen LogP contribution in [0.5, 0.6) is 5.75 Å². The van der Waals surface area contributed by atoms with Crippen molar-refractivity contribution in [2.24, 2.45) is 0 Å². The van der Waals surface area contributed by atoms with E-state index in [9.17, 15) is 5.11 Å². The van der Waals surface area contributed by atoms with Gasteiger partial charge in [0.1, 0.15) is 0 Å². The normalized spacial score (nSPS) is 16.8. The zero-order chi connectivity index (χ0) is 7.84. The number of para-hydroxylation sites is 1. The lowest BCUT2D eigenvalue weighted by Gasteiger charge is -2.00. The van der Waals surface area contributed by atoms with E-state index in [-0.39, 0.29) is 5.75 Å². The van der Waals surface area contributed by atoms with E-state index in [1.54, 1.807) is 0 Å². The Labute approximate surface area is 66.7 Å². The van der Waals surface area contributed by atoms with Gasteiger partial charge in [-0.15, -0.1) is 0 Å². The maximum Gasteiger partial charge on any atom is 0.184 e. The van der Waals surface area contributed by atoms with E-state index in [0.29, 0.717) is 5.92 Å². The topological polar surface area (TPSA) is 19.9 Å². The summed E-state index contributed by atoms with van der Waals surface area (Å²) in [7, 11) is 0. The molecule has 0 unspecified atom stereocenters. The highest BCUT2D eigenvalue weighted by Crippen LogP contribution is 2.44. The first-order valence-electron chi connectivity index (χ1n) is 4.05. The zero-order valence-electron chi connectivity index (χ0n) is 6.63. The molecule has 1 aromatic rings. The van der Waals surface area contributed by atoms with Crippen molar-refractivity contribution in [2.75, 3.05) is 0 Å². The highest BCUT2D eigenvalue weighted by Gasteiger charge is 2.27. The lowest BCUT2D eigenvalue weighted by atomic mass is 10.1. The third kappa shape index (κ3) is 1.11. The minimum absolute atomic E-state index is 0.259. The third-order valence-electron chi connectivity index (χ3n) is 2.26. The Hall–Kier alpha value is -0.980. The van der Waals surface area contributed by atoms with Crippen LogP contribution in [0.4, 0.5) is 0 Å². The number of hydrogen-bond donors (Lipinski definition) is 0. The van der Waals surface area contributed by atoms with Gasteiger partial charge in [-0.25, -0.2) is 0 Å². The van der Waals surface area contributed by atoms with Gasteiger partial charge in [0.15, 0.2) is 5.75 Å². The van der Waals surface area contributed by atoms with Gasteiger partial charge < -0.3 is 0 Å². The SMILES string of the molecule is Cc1cccc(C2CC2)c1[O]. The zero-order valence-corrected chi connectivity index (χ0v) is 6.63. The van der Waals surface area contributed by atoms with Gasteiger partial charge >= 0.3 is 0 Å². The molecule has 0 amide bonds. The molecule has 1 radical (unpaired) electrons. The fourth-order valence-corrected chi connectivity index (χ4v) is 1.39. The number of rotatable bonds is 1. The molecular formula is C10H11O. The molecule has 11 heavy (non-hydrogen) atoms. The number of hydrogen-bond acceptors (Lipinski definition) is 0. The van der Waals surface area contributed by atoms with E-state index in [1.807, 2.05) is 25.1 Å². The molecule has 0 spiro atoms. The predicted octanol–water partition coefficient (Wildman–Crippen LogP) is 3.02. The molecule has 1 aliphatic carbocycles. The Morgan fingerprint density at radius 2 is 2.09 bits per heavy atom. The maximum atomic E-state index is 11.5. The van der Waals surface area contributed by atoms with Crippen LogP contribution < -0.4 is 0 Å².